The second-order valence-electron chi connectivity index (χ2n) is 6.74. The first kappa shape index (κ1) is 17.7. The molecule has 0 radical (unpaired) electrons. The Morgan fingerprint density at radius 2 is 1.85 bits per heavy atom. The number of benzene rings is 2. The number of ether oxygens (including phenoxy) is 2. The molecule has 1 N–H and O–H groups in total. The van der Waals surface area contributed by atoms with Crippen molar-refractivity contribution in [3.63, 3.8) is 0 Å². The highest BCUT2D eigenvalue weighted by Gasteiger charge is 2.30. The average molecular weight is 388 g/mol. The van der Waals surface area contributed by atoms with E-state index in [-0.39, 0.29) is 30.2 Å². The fourth-order valence-electron chi connectivity index (χ4n) is 3.31. The molecule has 2 heterocycles. The van der Waals surface area contributed by atoms with Crippen LogP contribution in [0.5, 0.6) is 11.5 Å². The Morgan fingerprint density at radius 1 is 1.11 bits per heavy atom. The third-order valence-electron chi connectivity index (χ3n) is 4.92. The number of sulfone groups is 1. The molecule has 1 unspecified atom stereocenters. The summed E-state index contributed by atoms with van der Waals surface area (Å²) in [6.07, 6.45) is 0.640. The molecular formula is C19H20N2O5S. The first-order valence-electron chi connectivity index (χ1n) is 8.66. The van der Waals surface area contributed by atoms with E-state index in [2.05, 4.69) is 5.32 Å². The molecule has 0 spiro atoms. The van der Waals surface area contributed by atoms with Gasteiger partial charge in [-0.05, 0) is 48.9 Å². The van der Waals surface area contributed by atoms with E-state index in [4.69, 9.17) is 9.47 Å². The van der Waals surface area contributed by atoms with Gasteiger partial charge in [0.25, 0.3) is 5.91 Å². The van der Waals surface area contributed by atoms with E-state index in [1.807, 2.05) is 24.1 Å². The lowest BCUT2D eigenvalue weighted by Gasteiger charge is -2.25. The molecule has 1 fully saturated rings. The fourth-order valence-corrected chi connectivity index (χ4v) is 5.09. The largest absolute Gasteiger partial charge is 0.454 e. The molecule has 7 nitrogen and oxygen atoms in total. The van der Waals surface area contributed by atoms with Gasteiger partial charge in [-0.1, -0.05) is 0 Å². The average Bonchev–Trinajstić information content (AvgIpc) is 3.27. The van der Waals surface area contributed by atoms with E-state index >= 15 is 0 Å². The lowest BCUT2D eigenvalue weighted by Crippen LogP contribution is -2.32. The Labute approximate surface area is 157 Å². The highest BCUT2D eigenvalue weighted by Crippen LogP contribution is 2.32. The van der Waals surface area contributed by atoms with Crippen LogP contribution in [0.15, 0.2) is 42.5 Å². The Kier molecular flexibility index (Phi) is 4.43. The fraction of sp³-hybridized carbons (Fsp3) is 0.316. The number of hydrogen-bond donors (Lipinski definition) is 1. The summed E-state index contributed by atoms with van der Waals surface area (Å²) in [5.41, 5.74) is 2.06. The standard InChI is InChI=1S/C19H20N2O5S/c1-21(16-8-9-27(23,24)11-16)15-5-3-14(4-6-15)20-19(22)13-2-7-17-18(10-13)26-12-25-17/h2-7,10,16H,8-9,11-12H2,1H3,(H,20,22). The summed E-state index contributed by atoms with van der Waals surface area (Å²) in [6, 6.07) is 12.4. The maximum Gasteiger partial charge on any atom is 0.255 e. The zero-order valence-corrected chi connectivity index (χ0v) is 15.7. The van der Waals surface area contributed by atoms with Gasteiger partial charge in [-0.15, -0.1) is 0 Å². The first-order chi connectivity index (χ1) is 12.9. The van der Waals surface area contributed by atoms with E-state index in [0.717, 1.165) is 5.69 Å². The second kappa shape index (κ2) is 6.77. The van der Waals surface area contributed by atoms with E-state index in [1.165, 1.54) is 0 Å². The Balaban J connectivity index is 1.42. The van der Waals surface area contributed by atoms with Gasteiger partial charge in [-0.3, -0.25) is 4.79 Å². The summed E-state index contributed by atoms with van der Waals surface area (Å²) >= 11 is 0. The molecule has 0 bridgehead atoms. The maximum atomic E-state index is 12.4. The van der Waals surface area contributed by atoms with Gasteiger partial charge < -0.3 is 19.7 Å². The third-order valence-corrected chi connectivity index (χ3v) is 6.67. The highest BCUT2D eigenvalue weighted by molar-refractivity contribution is 7.91. The quantitative estimate of drug-likeness (QED) is 0.865. The number of carbonyl (C=O) groups is 1. The molecule has 27 heavy (non-hydrogen) atoms. The monoisotopic (exact) mass is 388 g/mol. The van der Waals surface area contributed by atoms with Crippen LogP contribution in [-0.2, 0) is 9.84 Å². The van der Waals surface area contributed by atoms with E-state index in [1.54, 1.807) is 30.3 Å². The zero-order valence-electron chi connectivity index (χ0n) is 14.8. The van der Waals surface area contributed by atoms with Crippen LogP contribution in [0, 0.1) is 0 Å². The Bertz CT molecular complexity index is 972. The van der Waals surface area contributed by atoms with Crippen molar-refractivity contribution in [3.8, 4) is 11.5 Å². The van der Waals surface area contributed by atoms with Gasteiger partial charge in [0.2, 0.25) is 6.79 Å². The van der Waals surface area contributed by atoms with E-state index in [0.29, 0.717) is 29.2 Å². The first-order valence-corrected chi connectivity index (χ1v) is 10.5. The molecule has 0 saturated carbocycles. The highest BCUT2D eigenvalue weighted by atomic mass is 32.2. The van der Waals surface area contributed by atoms with Crippen LogP contribution in [0.1, 0.15) is 16.8 Å². The Hall–Kier alpha value is -2.74. The molecule has 8 heteroatoms. The van der Waals surface area contributed by atoms with Crippen molar-refractivity contribution in [3.05, 3.63) is 48.0 Å². The lowest BCUT2D eigenvalue weighted by atomic mass is 10.1. The summed E-state index contributed by atoms with van der Waals surface area (Å²) in [6.45, 7) is 0.164. The molecule has 1 atom stereocenters. The maximum absolute atomic E-state index is 12.4. The van der Waals surface area contributed by atoms with Crippen molar-refractivity contribution in [2.24, 2.45) is 0 Å². The predicted octanol–water partition coefficient (Wildman–Crippen LogP) is 2.29. The molecule has 1 saturated heterocycles. The summed E-state index contributed by atoms with van der Waals surface area (Å²) in [5, 5.41) is 2.85. The SMILES string of the molecule is CN(c1ccc(NC(=O)c2ccc3c(c2)OCO3)cc1)C1CCS(=O)(=O)C1. The summed E-state index contributed by atoms with van der Waals surface area (Å²) in [5.74, 6) is 1.38. The van der Waals surface area contributed by atoms with Crippen molar-refractivity contribution in [1.82, 2.24) is 0 Å². The van der Waals surface area contributed by atoms with E-state index in [9.17, 15) is 13.2 Å². The molecule has 2 aliphatic heterocycles. The van der Waals surface area contributed by atoms with Crippen LogP contribution in [0.4, 0.5) is 11.4 Å². The number of anilines is 2. The van der Waals surface area contributed by atoms with Crippen molar-refractivity contribution in [2.45, 2.75) is 12.5 Å². The van der Waals surface area contributed by atoms with Crippen molar-refractivity contribution in [1.29, 1.82) is 0 Å². The van der Waals surface area contributed by atoms with Crippen LogP contribution >= 0.6 is 0 Å². The van der Waals surface area contributed by atoms with Gasteiger partial charge in [-0.25, -0.2) is 8.42 Å². The zero-order chi connectivity index (χ0) is 19.0. The number of carbonyl (C=O) groups excluding carboxylic acids is 1. The molecule has 2 aliphatic rings. The van der Waals surface area contributed by atoms with Gasteiger partial charge in [-0.2, -0.15) is 0 Å². The summed E-state index contributed by atoms with van der Waals surface area (Å²) < 4.78 is 33.9. The Morgan fingerprint density at radius 3 is 2.56 bits per heavy atom. The minimum atomic E-state index is -2.93. The van der Waals surface area contributed by atoms with Gasteiger partial charge in [0.15, 0.2) is 21.3 Å². The number of nitrogens with zero attached hydrogens (tertiary/aromatic N) is 1. The van der Waals surface area contributed by atoms with Crippen LogP contribution in [-0.4, -0.2) is 45.7 Å². The van der Waals surface area contributed by atoms with Crippen LogP contribution in [0.25, 0.3) is 0 Å². The number of fused-ring (bicyclic) bond motifs is 1. The van der Waals surface area contributed by atoms with Gasteiger partial charge in [0, 0.05) is 30.0 Å². The summed E-state index contributed by atoms with van der Waals surface area (Å²) in [7, 11) is -1.03. The number of amides is 1. The number of nitrogens with one attached hydrogen (secondary N) is 1. The van der Waals surface area contributed by atoms with E-state index < -0.39 is 9.84 Å². The van der Waals surface area contributed by atoms with Crippen LogP contribution in [0.2, 0.25) is 0 Å². The normalized spacial score (nSPS) is 19.7. The van der Waals surface area contributed by atoms with Gasteiger partial charge in [0.1, 0.15) is 0 Å². The van der Waals surface area contributed by atoms with Gasteiger partial charge in [0.05, 0.1) is 11.5 Å². The second-order valence-corrected chi connectivity index (χ2v) is 8.97. The smallest absolute Gasteiger partial charge is 0.255 e. The van der Waals surface area contributed by atoms with Crippen molar-refractivity contribution >= 4 is 27.1 Å². The minimum Gasteiger partial charge on any atom is -0.454 e. The van der Waals surface area contributed by atoms with Crippen molar-refractivity contribution < 1.29 is 22.7 Å². The molecule has 0 aromatic heterocycles. The molecule has 2 aromatic carbocycles. The summed E-state index contributed by atoms with van der Waals surface area (Å²) in [4.78, 5) is 14.4. The third kappa shape index (κ3) is 3.71. The van der Waals surface area contributed by atoms with Crippen LogP contribution < -0.4 is 19.7 Å². The molecule has 4 rings (SSSR count). The van der Waals surface area contributed by atoms with Crippen molar-refractivity contribution in [2.75, 3.05) is 35.6 Å². The van der Waals surface area contributed by atoms with Crippen LogP contribution in [0.3, 0.4) is 0 Å². The molecule has 2 aromatic rings. The minimum absolute atomic E-state index is 0.0101. The molecule has 1 amide bonds. The lowest BCUT2D eigenvalue weighted by molar-refractivity contribution is 0.102. The predicted molar refractivity (Wildman–Crippen MR) is 102 cm³/mol. The topological polar surface area (TPSA) is 84.9 Å². The molecule has 142 valence electrons. The number of rotatable bonds is 4. The number of hydrogen-bond acceptors (Lipinski definition) is 6. The molecular weight excluding hydrogens is 368 g/mol. The molecule has 0 aliphatic carbocycles. The van der Waals surface area contributed by atoms with Gasteiger partial charge >= 0.3 is 0 Å².